The van der Waals surface area contributed by atoms with Crippen LogP contribution in [0, 0.1) is 5.92 Å². The van der Waals surface area contributed by atoms with Gasteiger partial charge in [-0.3, -0.25) is 0 Å². The van der Waals surface area contributed by atoms with Crippen molar-refractivity contribution in [2.24, 2.45) is 5.92 Å². The Kier molecular flexibility index (Phi) is 3.62. The fourth-order valence-corrected chi connectivity index (χ4v) is 3.10. The Labute approximate surface area is 120 Å². The molecule has 0 spiro atoms. The fourth-order valence-electron chi connectivity index (χ4n) is 3.10. The molecule has 1 saturated heterocycles. The minimum atomic E-state index is 0.0464. The molecule has 2 unspecified atom stereocenters. The molecule has 0 saturated carbocycles. The zero-order valence-electron chi connectivity index (χ0n) is 12.2. The van der Waals surface area contributed by atoms with E-state index in [1.54, 1.807) is 0 Å². The maximum absolute atomic E-state index is 9.69. The molecule has 0 amide bonds. The molecule has 2 aromatic rings. The van der Waals surface area contributed by atoms with E-state index in [4.69, 9.17) is 4.98 Å². The van der Waals surface area contributed by atoms with E-state index in [1.807, 2.05) is 24.3 Å². The molecule has 1 aliphatic rings. The van der Waals surface area contributed by atoms with Crippen molar-refractivity contribution in [1.29, 1.82) is 0 Å². The molecule has 1 aliphatic heterocycles. The number of hydrogen-bond donors (Lipinski definition) is 1. The number of aliphatic hydroxyl groups excluding tert-OH is 1. The van der Waals surface area contributed by atoms with Crippen LogP contribution in [0.25, 0.3) is 10.9 Å². The summed E-state index contributed by atoms with van der Waals surface area (Å²) in [6.45, 7) is 5.62. The van der Waals surface area contributed by atoms with Crippen LogP contribution in [0.3, 0.4) is 0 Å². The molecule has 0 aliphatic carbocycles. The van der Waals surface area contributed by atoms with Crippen LogP contribution in [0.15, 0.2) is 30.3 Å². The first-order valence-corrected chi connectivity index (χ1v) is 7.45. The highest BCUT2D eigenvalue weighted by atomic mass is 16.3. The van der Waals surface area contributed by atoms with Crippen LogP contribution in [0.4, 0.5) is 5.82 Å². The van der Waals surface area contributed by atoms with Crippen molar-refractivity contribution < 1.29 is 5.11 Å². The standard InChI is InChI=1S/C17H22N2O/c1-12-7-8-13(2)19(10-12)17-15(11-20)9-14-5-3-4-6-16(14)18-17/h3-6,9,12-13,20H,7-8,10-11H2,1-2H3. The second-order valence-electron chi connectivity index (χ2n) is 6.01. The first-order chi connectivity index (χ1) is 9.69. The quantitative estimate of drug-likeness (QED) is 0.909. The first-order valence-electron chi connectivity index (χ1n) is 7.45. The summed E-state index contributed by atoms with van der Waals surface area (Å²) in [5.41, 5.74) is 1.94. The number of pyridine rings is 1. The van der Waals surface area contributed by atoms with Gasteiger partial charge in [-0.05, 0) is 37.8 Å². The van der Waals surface area contributed by atoms with Crippen molar-refractivity contribution in [3.8, 4) is 0 Å². The Bertz CT molecular complexity index is 611. The number of benzene rings is 1. The Balaban J connectivity index is 2.08. The average Bonchev–Trinajstić information content (AvgIpc) is 2.48. The second kappa shape index (κ2) is 5.41. The minimum absolute atomic E-state index is 0.0464. The van der Waals surface area contributed by atoms with Gasteiger partial charge in [-0.1, -0.05) is 25.1 Å². The zero-order valence-corrected chi connectivity index (χ0v) is 12.2. The van der Waals surface area contributed by atoms with Gasteiger partial charge in [0.05, 0.1) is 12.1 Å². The average molecular weight is 270 g/mol. The smallest absolute Gasteiger partial charge is 0.135 e. The summed E-state index contributed by atoms with van der Waals surface area (Å²) in [7, 11) is 0. The third-order valence-electron chi connectivity index (χ3n) is 4.34. The van der Waals surface area contributed by atoms with Gasteiger partial charge in [-0.15, -0.1) is 0 Å². The van der Waals surface area contributed by atoms with Crippen LogP contribution in [0.2, 0.25) is 0 Å². The SMILES string of the molecule is CC1CCC(C)N(c2nc3ccccc3cc2CO)C1. The minimum Gasteiger partial charge on any atom is -0.392 e. The van der Waals surface area contributed by atoms with Crippen LogP contribution >= 0.6 is 0 Å². The maximum Gasteiger partial charge on any atom is 0.135 e. The maximum atomic E-state index is 9.69. The van der Waals surface area contributed by atoms with Crippen molar-refractivity contribution in [1.82, 2.24) is 4.98 Å². The summed E-state index contributed by atoms with van der Waals surface area (Å²) in [6.07, 6.45) is 2.47. The monoisotopic (exact) mass is 270 g/mol. The lowest BCUT2D eigenvalue weighted by Crippen LogP contribution is -2.42. The Morgan fingerprint density at radius 3 is 2.85 bits per heavy atom. The van der Waals surface area contributed by atoms with E-state index in [0.717, 1.165) is 28.8 Å². The van der Waals surface area contributed by atoms with Crippen molar-refractivity contribution in [2.75, 3.05) is 11.4 Å². The lowest BCUT2D eigenvalue weighted by atomic mass is 9.94. The summed E-state index contributed by atoms with van der Waals surface area (Å²) in [4.78, 5) is 7.19. The fraction of sp³-hybridized carbons (Fsp3) is 0.471. The molecule has 1 aromatic carbocycles. The highest BCUT2D eigenvalue weighted by Gasteiger charge is 2.25. The molecule has 3 nitrogen and oxygen atoms in total. The number of para-hydroxylation sites is 1. The molecule has 2 atom stereocenters. The van der Waals surface area contributed by atoms with Gasteiger partial charge in [0.1, 0.15) is 5.82 Å². The Hall–Kier alpha value is -1.61. The largest absolute Gasteiger partial charge is 0.392 e. The van der Waals surface area contributed by atoms with E-state index in [9.17, 15) is 5.11 Å². The lowest BCUT2D eigenvalue weighted by Gasteiger charge is -2.38. The molecule has 2 heterocycles. The van der Waals surface area contributed by atoms with Crippen LogP contribution in [-0.2, 0) is 6.61 Å². The van der Waals surface area contributed by atoms with Crippen molar-refractivity contribution >= 4 is 16.7 Å². The van der Waals surface area contributed by atoms with Gasteiger partial charge in [0, 0.05) is 23.5 Å². The first kappa shape index (κ1) is 13.4. The third kappa shape index (κ3) is 2.38. The summed E-state index contributed by atoms with van der Waals surface area (Å²) in [5, 5.41) is 10.8. The molecule has 3 heteroatoms. The van der Waals surface area contributed by atoms with Gasteiger partial charge < -0.3 is 10.0 Å². The zero-order chi connectivity index (χ0) is 14.1. The van der Waals surface area contributed by atoms with Gasteiger partial charge in [-0.25, -0.2) is 4.98 Å². The number of aromatic nitrogens is 1. The Morgan fingerprint density at radius 1 is 1.25 bits per heavy atom. The van der Waals surface area contributed by atoms with E-state index in [2.05, 4.69) is 24.8 Å². The topological polar surface area (TPSA) is 36.4 Å². The number of nitrogens with zero attached hydrogens (tertiary/aromatic N) is 2. The molecule has 0 radical (unpaired) electrons. The van der Waals surface area contributed by atoms with Crippen LogP contribution in [0.5, 0.6) is 0 Å². The molecule has 106 valence electrons. The predicted octanol–water partition coefficient (Wildman–Crippen LogP) is 3.35. The molecule has 0 bridgehead atoms. The van der Waals surface area contributed by atoms with E-state index >= 15 is 0 Å². The van der Waals surface area contributed by atoms with Gasteiger partial charge in [0.25, 0.3) is 0 Å². The molecular weight excluding hydrogens is 248 g/mol. The predicted molar refractivity (Wildman–Crippen MR) is 82.9 cm³/mol. The number of rotatable bonds is 2. The van der Waals surface area contributed by atoms with Crippen LogP contribution in [0.1, 0.15) is 32.3 Å². The summed E-state index contributed by atoms with van der Waals surface area (Å²) in [6, 6.07) is 10.7. The van der Waals surface area contributed by atoms with Crippen LogP contribution in [-0.4, -0.2) is 22.7 Å². The summed E-state index contributed by atoms with van der Waals surface area (Å²) >= 11 is 0. The van der Waals surface area contributed by atoms with Gasteiger partial charge >= 0.3 is 0 Å². The van der Waals surface area contributed by atoms with E-state index in [1.165, 1.54) is 12.8 Å². The van der Waals surface area contributed by atoms with Crippen molar-refractivity contribution in [3.05, 3.63) is 35.9 Å². The number of aliphatic hydroxyl groups is 1. The van der Waals surface area contributed by atoms with Gasteiger partial charge in [0.2, 0.25) is 0 Å². The molecule has 20 heavy (non-hydrogen) atoms. The number of fused-ring (bicyclic) bond motifs is 1. The van der Waals surface area contributed by atoms with E-state index in [0.29, 0.717) is 12.0 Å². The normalized spacial score (nSPS) is 23.2. The molecule has 1 fully saturated rings. The van der Waals surface area contributed by atoms with Crippen LogP contribution < -0.4 is 4.90 Å². The van der Waals surface area contributed by atoms with Gasteiger partial charge in [-0.2, -0.15) is 0 Å². The highest BCUT2D eigenvalue weighted by molar-refractivity contribution is 5.81. The Morgan fingerprint density at radius 2 is 2.05 bits per heavy atom. The summed E-state index contributed by atoms with van der Waals surface area (Å²) in [5.74, 6) is 1.65. The van der Waals surface area contributed by atoms with Crippen molar-refractivity contribution in [3.63, 3.8) is 0 Å². The third-order valence-corrected chi connectivity index (χ3v) is 4.34. The highest BCUT2D eigenvalue weighted by Crippen LogP contribution is 2.30. The van der Waals surface area contributed by atoms with Gasteiger partial charge in [0.15, 0.2) is 0 Å². The van der Waals surface area contributed by atoms with E-state index < -0.39 is 0 Å². The number of hydrogen-bond acceptors (Lipinski definition) is 3. The molecule has 1 N–H and O–H groups in total. The summed E-state index contributed by atoms with van der Waals surface area (Å²) < 4.78 is 0. The molecule has 3 rings (SSSR count). The molecular formula is C17H22N2O. The lowest BCUT2D eigenvalue weighted by molar-refractivity contribution is 0.280. The number of anilines is 1. The van der Waals surface area contributed by atoms with E-state index in [-0.39, 0.29) is 6.61 Å². The second-order valence-corrected chi connectivity index (χ2v) is 6.01. The number of piperidine rings is 1. The molecule has 1 aromatic heterocycles. The van der Waals surface area contributed by atoms with Crippen molar-refractivity contribution in [2.45, 2.75) is 39.3 Å².